The summed E-state index contributed by atoms with van der Waals surface area (Å²) in [6.45, 7) is 2.13. The smallest absolute Gasteiger partial charge is 0.248 e. The van der Waals surface area contributed by atoms with Crippen molar-refractivity contribution in [3.05, 3.63) is 65.7 Å². The van der Waals surface area contributed by atoms with Crippen LogP contribution in [0.15, 0.2) is 54.6 Å². The number of rotatable bonds is 8. The van der Waals surface area contributed by atoms with E-state index in [0.717, 1.165) is 29.1 Å². The fourth-order valence-electron chi connectivity index (χ4n) is 3.15. The second kappa shape index (κ2) is 10.0. The van der Waals surface area contributed by atoms with Gasteiger partial charge in [0.05, 0.1) is 24.3 Å². The molecule has 0 aromatic heterocycles. The van der Waals surface area contributed by atoms with Gasteiger partial charge in [0, 0.05) is 11.3 Å². The summed E-state index contributed by atoms with van der Waals surface area (Å²) in [7, 11) is 1.65. The number of nitrogens with one attached hydrogen (secondary N) is 3. The van der Waals surface area contributed by atoms with Crippen molar-refractivity contribution in [2.75, 3.05) is 23.9 Å². The Balaban J connectivity index is 1.45. The van der Waals surface area contributed by atoms with E-state index in [1.165, 1.54) is 17.3 Å². The highest BCUT2D eigenvalue weighted by Crippen LogP contribution is 2.30. The molecule has 29 heavy (non-hydrogen) atoms. The number of anilines is 1. The zero-order chi connectivity index (χ0) is 20.6. The Kier molecular flexibility index (Phi) is 7.19. The van der Waals surface area contributed by atoms with Gasteiger partial charge in [-0.05, 0) is 48.2 Å². The highest BCUT2D eigenvalue weighted by atomic mass is 32.2. The molecular weight excluding hydrogens is 386 g/mol. The molecule has 1 aliphatic rings. The summed E-state index contributed by atoms with van der Waals surface area (Å²) in [6.07, 6.45) is 3.04. The van der Waals surface area contributed by atoms with Crippen LogP contribution in [0.5, 0.6) is 5.75 Å². The maximum atomic E-state index is 12.1. The number of allylic oxidation sites excluding steroid dienone is 1. The maximum Gasteiger partial charge on any atom is 0.248 e. The quantitative estimate of drug-likeness (QED) is 0.581. The Morgan fingerprint density at radius 3 is 2.62 bits per heavy atom. The summed E-state index contributed by atoms with van der Waals surface area (Å²) in [4.78, 5) is 24.1. The minimum Gasteiger partial charge on any atom is -0.497 e. The molecule has 1 aliphatic carbocycles. The third-order valence-corrected chi connectivity index (χ3v) is 5.39. The average molecular weight is 412 g/mol. The zero-order valence-corrected chi connectivity index (χ0v) is 17.3. The summed E-state index contributed by atoms with van der Waals surface area (Å²) in [6, 6.07) is 15.2. The van der Waals surface area contributed by atoms with Crippen molar-refractivity contribution in [2.24, 2.45) is 5.92 Å². The first kappa shape index (κ1) is 20.8. The van der Waals surface area contributed by atoms with Crippen molar-refractivity contribution in [3.63, 3.8) is 0 Å². The number of benzene rings is 2. The molecule has 0 spiro atoms. The molecule has 2 aromatic rings. The molecule has 1 atom stereocenters. The Hall–Kier alpha value is -2.93. The van der Waals surface area contributed by atoms with E-state index >= 15 is 0 Å². The predicted molar refractivity (Wildman–Crippen MR) is 118 cm³/mol. The monoisotopic (exact) mass is 411 g/mol. The zero-order valence-electron chi connectivity index (χ0n) is 16.5. The number of thioether (sulfide) groups is 1. The number of fused-ring (bicyclic) bond motifs is 1. The molecule has 0 saturated heterocycles. The van der Waals surface area contributed by atoms with Crippen molar-refractivity contribution in [1.29, 1.82) is 0 Å². The average Bonchev–Trinajstić information content (AvgIpc) is 2.72. The molecule has 3 N–H and O–H groups in total. The minimum absolute atomic E-state index is 0.131. The van der Waals surface area contributed by atoms with Crippen LogP contribution in [-0.2, 0) is 16.0 Å². The molecule has 1 unspecified atom stereocenters. The Morgan fingerprint density at radius 2 is 1.86 bits per heavy atom. The van der Waals surface area contributed by atoms with E-state index in [9.17, 15) is 9.59 Å². The molecule has 2 amide bonds. The summed E-state index contributed by atoms with van der Waals surface area (Å²) < 4.78 is 5.30. The van der Waals surface area contributed by atoms with Gasteiger partial charge in [-0.15, -0.1) is 11.8 Å². The van der Waals surface area contributed by atoms with Crippen molar-refractivity contribution in [2.45, 2.75) is 13.3 Å². The SMILES string of the molecule is COc1ccc2c(c1)CC(C)C=C2NNC(=O)CSCC(=O)Nc1ccccc1. The van der Waals surface area contributed by atoms with Crippen LogP contribution in [0.4, 0.5) is 5.69 Å². The summed E-state index contributed by atoms with van der Waals surface area (Å²) in [5.41, 5.74) is 9.62. The highest BCUT2D eigenvalue weighted by Gasteiger charge is 2.18. The number of amides is 2. The second-order valence-corrected chi connectivity index (χ2v) is 7.85. The van der Waals surface area contributed by atoms with Crippen molar-refractivity contribution in [3.8, 4) is 5.75 Å². The van der Waals surface area contributed by atoms with Gasteiger partial charge in [0.2, 0.25) is 11.8 Å². The number of hydrogen-bond acceptors (Lipinski definition) is 5. The van der Waals surface area contributed by atoms with Gasteiger partial charge < -0.3 is 10.1 Å². The van der Waals surface area contributed by atoms with E-state index in [4.69, 9.17) is 4.74 Å². The van der Waals surface area contributed by atoms with Gasteiger partial charge >= 0.3 is 0 Å². The number of hydrogen-bond donors (Lipinski definition) is 3. The molecule has 7 heteroatoms. The van der Waals surface area contributed by atoms with E-state index in [1.807, 2.05) is 48.5 Å². The number of para-hydroxylation sites is 1. The topological polar surface area (TPSA) is 79.5 Å². The number of carbonyl (C=O) groups is 2. The fraction of sp³-hybridized carbons (Fsp3) is 0.273. The molecule has 0 bridgehead atoms. The largest absolute Gasteiger partial charge is 0.497 e. The van der Waals surface area contributed by atoms with Crippen molar-refractivity contribution in [1.82, 2.24) is 10.9 Å². The van der Waals surface area contributed by atoms with Gasteiger partial charge in [-0.3, -0.25) is 20.4 Å². The third-order valence-electron chi connectivity index (χ3n) is 4.46. The van der Waals surface area contributed by atoms with Gasteiger partial charge in [0.25, 0.3) is 0 Å². The van der Waals surface area contributed by atoms with Crippen LogP contribution in [-0.4, -0.2) is 30.4 Å². The molecule has 3 rings (SSSR count). The van der Waals surface area contributed by atoms with Crippen molar-refractivity contribution < 1.29 is 14.3 Å². The van der Waals surface area contributed by atoms with Crippen LogP contribution in [0.2, 0.25) is 0 Å². The predicted octanol–water partition coefficient (Wildman–Crippen LogP) is 3.22. The first-order chi connectivity index (χ1) is 14.0. The number of hydrazine groups is 1. The molecule has 0 saturated carbocycles. The second-order valence-electron chi connectivity index (χ2n) is 6.87. The molecule has 0 heterocycles. The molecule has 0 radical (unpaired) electrons. The molecule has 152 valence electrons. The Morgan fingerprint density at radius 1 is 1.10 bits per heavy atom. The van der Waals surface area contributed by atoms with Gasteiger partial charge in [-0.25, -0.2) is 0 Å². The third kappa shape index (κ3) is 6.02. The van der Waals surface area contributed by atoms with Crippen LogP contribution in [0.25, 0.3) is 5.70 Å². The first-order valence-electron chi connectivity index (χ1n) is 9.41. The number of ether oxygens (including phenoxy) is 1. The summed E-state index contributed by atoms with van der Waals surface area (Å²) >= 11 is 1.27. The highest BCUT2D eigenvalue weighted by molar-refractivity contribution is 8.00. The Bertz CT molecular complexity index is 899. The fourth-order valence-corrected chi connectivity index (χ4v) is 3.76. The molecule has 0 aliphatic heterocycles. The van der Waals surface area contributed by atoms with Gasteiger partial charge in [-0.1, -0.05) is 31.2 Å². The van der Waals surface area contributed by atoms with Crippen LogP contribution >= 0.6 is 11.8 Å². The normalized spacial score (nSPS) is 15.0. The van der Waals surface area contributed by atoms with Crippen LogP contribution in [0, 0.1) is 5.92 Å². The van der Waals surface area contributed by atoms with Crippen LogP contribution in [0.3, 0.4) is 0 Å². The number of methoxy groups -OCH3 is 1. The van der Waals surface area contributed by atoms with Crippen molar-refractivity contribution >= 4 is 35.0 Å². The summed E-state index contributed by atoms with van der Waals surface area (Å²) in [5.74, 6) is 1.26. The van der Waals surface area contributed by atoms with Crippen LogP contribution in [0.1, 0.15) is 18.1 Å². The molecule has 0 fully saturated rings. The minimum atomic E-state index is -0.184. The molecule has 6 nitrogen and oxygen atoms in total. The van der Waals surface area contributed by atoms with Gasteiger partial charge in [0.1, 0.15) is 5.75 Å². The lowest BCUT2D eigenvalue weighted by molar-refractivity contribution is -0.119. The lowest BCUT2D eigenvalue weighted by Crippen LogP contribution is -2.38. The van der Waals surface area contributed by atoms with E-state index in [-0.39, 0.29) is 23.3 Å². The molecular formula is C22H25N3O3S. The van der Waals surface area contributed by atoms with Gasteiger partial charge in [-0.2, -0.15) is 0 Å². The van der Waals surface area contributed by atoms with Crippen LogP contribution < -0.4 is 20.9 Å². The van der Waals surface area contributed by atoms with E-state index in [1.54, 1.807) is 7.11 Å². The number of carbonyl (C=O) groups excluding carboxylic acids is 2. The lowest BCUT2D eigenvalue weighted by atomic mass is 9.88. The van der Waals surface area contributed by atoms with E-state index in [2.05, 4.69) is 29.2 Å². The maximum absolute atomic E-state index is 12.1. The van der Waals surface area contributed by atoms with E-state index < -0.39 is 0 Å². The first-order valence-corrected chi connectivity index (χ1v) is 10.6. The molecule has 2 aromatic carbocycles. The van der Waals surface area contributed by atoms with E-state index in [0.29, 0.717) is 5.92 Å². The Labute approximate surface area is 175 Å². The lowest BCUT2D eigenvalue weighted by Gasteiger charge is -2.23. The standard InChI is InChI=1S/C22H25N3O3S/c1-15-10-16-12-18(28-2)8-9-19(16)20(11-15)24-25-22(27)14-29-13-21(26)23-17-6-4-3-5-7-17/h3-9,11-12,15,24H,10,13-14H2,1-2H3,(H,23,26)(H,25,27). The van der Waals surface area contributed by atoms with Gasteiger partial charge in [0.15, 0.2) is 0 Å². The summed E-state index contributed by atoms with van der Waals surface area (Å²) in [5, 5.41) is 2.80.